The van der Waals surface area contributed by atoms with Gasteiger partial charge in [0.2, 0.25) is 0 Å². The zero-order chi connectivity index (χ0) is 19.5. The summed E-state index contributed by atoms with van der Waals surface area (Å²) in [5.74, 6) is -0.722. The van der Waals surface area contributed by atoms with Crippen molar-refractivity contribution in [1.82, 2.24) is 0 Å². The van der Waals surface area contributed by atoms with E-state index in [1.807, 2.05) is 18.2 Å². The Labute approximate surface area is 161 Å². The van der Waals surface area contributed by atoms with Crippen molar-refractivity contribution in [1.29, 1.82) is 0 Å². The SMILES string of the molecule is CCOC(=O)C(COCCO)CC(N)Cc1ccc(-c2ccccc2)cc1. The van der Waals surface area contributed by atoms with Gasteiger partial charge < -0.3 is 20.3 Å². The van der Waals surface area contributed by atoms with Crippen LogP contribution in [0.25, 0.3) is 11.1 Å². The fourth-order valence-electron chi connectivity index (χ4n) is 3.00. The van der Waals surface area contributed by atoms with Crippen molar-refractivity contribution in [2.45, 2.75) is 25.8 Å². The summed E-state index contributed by atoms with van der Waals surface area (Å²) in [6.07, 6.45) is 1.15. The standard InChI is InChI=1S/C22H29NO4/c1-2-27-22(25)20(16-26-13-12-24)15-21(23)14-17-8-10-19(11-9-17)18-6-4-3-5-7-18/h3-11,20-21,24H,2,12-16,23H2,1H3. The molecule has 2 aromatic rings. The molecule has 27 heavy (non-hydrogen) atoms. The van der Waals surface area contributed by atoms with Crippen molar-refractivity contribution >= 4 is 5.97 Å². The first-order valence-corrected chi connectivity index (χ1v) is 9.39. The van der Waals surface area contributed by atoms with Crippen molar-refractivity contribution in [3.05, 3.63) is 60.2 Å². The van der Waals surface area contributed by atoms with Crippen molar-refractivity contribution in [3.63, 3.8) is 0 Å². The van der Waals surface area contributed by atoms with E-state index >= 15 is 0 Å². The monoisotopic (exact) mass is 371 g/mol. The van der Waals surface area contributed by atoms with Gasteiger partial charge in [-0.05, 0) is 36.5 Å². The molecule has 0 heterocycles. The van der Waals surface area contributed by atoms with E-state index in [1.54, 1.807) is 6.92 Å². The minimum absolute atomic E-state index is 0.0740. The molecule has 0 aliphatic rings. The van der Waals surface area contributed by atoms with Crippen LogP contribution in [-0.2, 0) is 20.7 Å². The highest BCUT2D eigenvalue weighted by Gasteiger charge is 2.23. The number of nitrogens with two attached hydrogens (primary N) is 1. The van der Waals surface area contributed by atoms with E-state index < -0.39 is 5.92 Å². The summed E-state index contributed by atoms with van der Waals surface area (Å²) >= 11 is 0. The highest BCUT2D eigenvalue weighted by molar-refractivity contribution is 5.72. The minimum atomic E-state index is -0.421. The lowest BCUT2D eigenvalue weighted by Gasteiger charge is -2.20. The normalized spacial score (nSPS) is 13.1. The van der Waals surface area contributed by atoms with Gasteiger partial charge in [-0.25, -0.2) is 0 Å². The van der Waals surface area contributed by atoms with E-state index in [9.17, 15) is 4.79 Å². The largest absolute Gasteiger partial charge is 0.466 e. The molecule has 0 amide bonds. The molecule has 0 aliphatic carbocycles. The quantitative estimate of drug-likeness (QED) is 0.469. The molecule has 3 N–H and O–H groups in total. The lowest BCUT2D eigenvalue weighted by Crippen LogP contribution is -2.33. The van der Waals surface area contributed by atoms with Gasteiger partial charge in [-0.1, -0.05) is 54.6 Å². The zero-order valence-electron chi connectivity index (χ0n) is 15.8. The molecule has 5 nitrogen and oxygen atoms in total. The van der Waals surface area contributed by atoms with Crippen molar-refractivity contribution in [3.8, 4) is 11.1 Å². The van der Waals surface area contributed by atoms with E-state index in [4.69, 9.17) is 20.3 Å². The number of ether oxygens (including phenoxy) is 2. The van der Waals surface area contributed by atoms with E-state index in [0.717, 1.165) is 11.1 Å². The van der Waals surface area contributed by atoms with Gasteiger partial charge in [-0.2, -0.15) is 0 Å². The molecule has 0 saturated heterocycles. The highest BCUT2D eigenvalue weighted by Crippen LogP contribution is 2.20. The Morgan fingerprint density at radius 1 is 1.07 bits per heavy atom. The molecule has 2 aromatic carbocycles. The van der Waals surface area contributed by atoms with Gasteiger partial charge in [0.05, 0.1) is 32.3 Å². The molecule has 0 saturated carbocycles. The van der Waals surface area contributed by atoms with Gasteiger partial charge in [-0.15, -0.1) is 0 Å². The minimum Gasteiger partial charge on any atom is -0.466 e. The number of rotatable bonds is 11. The predicted octanol–water partition coefficient (Wildman–Crippen LogP) is 2.80. The van der Waals surface area contributed by atoms with E-state index in [2.05, 4.69) is 36.4 Å². The molecular weight excluding hydrogens is 342 g/mol. The van der Waals surface area contributed by atoms with E-state index in [0.29, 0.717) is 19.4 Å². The second-order valence-electron chi connectivity index (χ2n) is 6.51. The number of aliphatic hydroxyl groups is 1. The summed E-state index contributed by atoms with van der Waals surface area (Å²) in [7, 11) is 0. The maximum atomic E-state index is 12.1. The molecular formula is C22H29NO4. The van der Waals surface area contributed by atoms with Crippen molar-refractivity contribution < 1.29 is 19.4 Å². The molecule has 2 unspecified atom stereocenters. The Kier molecular flexibility index (Phi) is 8.98. The molecule has 0 aliphatic heterocycles. The summed E-state index contributed by atoms with van der Waals surface area (Å²) in [6, 6.07) is 18.3. The Balaban J connectivity index is 1.93. The van der Waals surface area contributed by atoms with Crippen LogP contribution < -0.4 is 5.73 Å². The third kappa shape index (κ3) is 7.13. The number of carbonyl (C=O) groups excluding carboxylic acids is 1. The Morgan fingerprint density at radius 2 is 1.74 bits per heavy atom. The number of hydrogen-bond donors (Lipinski definition) is 2. The van der Waals surface area contributed by atoms with E-state index in [-0.39, 0.29) is 31.8 Å². The number of hydrogen-bond acceptors (Lipinski definition) is 5. The third-order valence-electron chi connectivity index (χ3n) is 4.32. The maximum Gasteiger partial charge on any atom is 0.311 e. The molecule has 146 valence electrons. The second-order valence-corrected chi connectivity index (χ2v) is 6.51. The first kappa shape index (κ1) is 21.1. The first-order chi connectivity index (χ1) is 13.1. The Hall–Kier alpha value is -2.21. The van der Waals surface area contributed by atoms with Crippen LogP contribution in [0.1, 0.15) is 18.9 Å². The predicted molar refractivity (Wildman–Crippen MR) is 106 cm³/mol. The summed E-state index contributed by atoms with van der Waals surface area (Å²) in [4.78, 5) is 12.1. The van der Waals surface area contributed by atoms with Crippen LogP contribution in [0.15, 0.2) is 54.6 Å². The smallest absolute Gasteiger partial charge is 0.311 e. The lowest BCUT2D eigenvalue weighted by atomic mass is 9.95. The van der Waals surface area contributed by atoms with Gasteiger partial charge in [0.15, 0.2) is 0 Å². The Morgan fingerprint density at radius 3 is 2.37 bits per heavy atom. The number of esters is 1. The fourth-order valence-corrected chi connectivity index (χ4v) is 3.00. The number of carbonyl (C=O) groups is 1. The van der Waals surface area contributed by atoms with Crippen LogP contribution in [-0.4, -0.2) is 43.5 Å². The van der Waals surface area contributed by atoms with Crippen LogP contribution in [0.3, 0.4) is 0 Å². The molecule has 2 atom stereocenters. The third-order valence-corrected chi connectivity index (χ3v) is 4.32. The molecule has 0 aromatic heterocycles. The van der Waals surface area contributed by atoms with Crippen LogP contribution in [0, 0.1) is 5.92 Å². The highest BCUT2D eigenvalue weighted by atomic mass is 16.5. The molecule has 5 heteroatoms. The van der Waals surface area contributed by atoms with Crippen LogP contribution >= 0.6 is 0 Å². The number of benzene rings is 2. The van der Waals surface area contributed by atoms with Crippen molar-refractivity contribution in [2.75, 3.05) is 26.4 Å². The average Bonchev–Trinajstić information content (AvgIpc) is 2.69. The van der Waals surface area contributed by atoms with Crippen LogP contribution in [0.2, 0.25) is 0 Å². The van der Waals surface area contributed by atoms with Gasteiger partial charge >= 0.3 is 5.97 Å². The molecule has 0 bridgehead atoms. The van der Waals surface area contributed by atoms with E-state index in [1.165, 1.54) is 5.56 Å². The summed E-state index contributed by atoms with van der Waals surface area (Å²) < 4.78 is 10.4. The Bertz CT molecular complexity index is 672. The van der Waals surface area contributed by atoms with Crippen LogP contribution in [0.5, 0.6) is 0 Å². The van der Waals surface area contributed by atoms with Gasteiger partial charge in [-0.3, -0.25) is 4.79 Å². The topological polar surface area (TPSA) is 81.8 Å². The van der Waals surface area contributed by atoms with Gasteiger partial charge in [0.1, 0.15) is 0 Å². The zero-order valence-corrected chi connectivity index (χ0v) is 15.8. The second kappa shape index (κ2) is 11.5. The maximum absolute atomic E-state index is 12.1. The van der Waals surface area contributed by atoms with Crippen molar-refractivity contribution in [2.24, 2.45) is 11.7 Å². The molecule has 2 rings (SSSR count). The summed E-state index contributed by atoms with van der Waals surface area (Å²) in [6.45, 7) is 2.44. The fraction of sp³-hybridized carbons (Fsp3) is 0.409. The lowest BCUT2D eigenvalue weighted by molar-refractivity contribution is -0.150. The molecule has 0 spiro atoms. The first-order valence-electron chi connectivity index (χ1n) is 9.39. The average molecular weight is 371 g/mol. The summed E-state index contributed by atoms with van der Waals surface area (Å²) in [5.41, 5.74) is 9.75. The summed E-state index contributed by atoms with van der Waals surface area (Å²) in [5, 5.41) is 8.84. The van der Waals surface area contributed by atoms with Gasteiger partial charge in [0, 0.05) is 6.04 Å². The molecule has 0 radical (unpaired) electrons. The van der Waals surface area contributed by atoms with Gasteiger partial charge in [0.25, 0.3) is 0 Å². The number of aliphatic hydroxyl groups excluding tert-OH is 1. The van der Waals surface area contributed by atoms with Crippen LogP contribution in [0.4, 0.5) is 0 Å². The molecule has 0 fully saturated rings.